The smallest absolute Gasteiger partial charge is 0.396 e. The van der Waals surface area contributed by atoms with Crippen molar-refractivity contribution in [1.29, 1.82) is 0 Å². The van der Waals surface area contributed by atoms with Crippen LogP contribution < -0.4 is 10.6 Å². The van der Waals surface area contributed by atoms with E-state index in [1.165, 1.54) is 30.9 Å². The number of nitrogens with one attached hydrogen (secondary N) is 2. The predicted octanol–water partition coefficient (Wildman–Crippen LogP) is 0.838. The van der Waals surface area contributed by atoms with Crippen LogP contribution in [-0.4, -0.2) is 85.0 Å². The lowest BCUT2D eigenvalue weighted by atomic mass is 9.87. The number of ketones is 1. The van der Waals surface area contributed by atoms with Crippen molar-refractivity contribution in [3.63, 3.8) is 0 Å². The summed E-state index contributed by atoms with van der Waals surface area (Å²) in [6.07, 6.45) is -1.03. The minimum absolute atomic E-state index is 0.169. The minimum Gasteiger partial charge on any atom is -0.396 e. The number of anilines is 1. The van der Waals surface area contributed by atoms with Crippen LogP contribution in [0.4, 0.5) is 18.9 Å². The molecule has 0 bridgehead atoms. The lowest BCUT2D eigenvalue weighted by Crippen LogP contribution is -2.47. The summed E-state index contributed by atoms with van der Waals surface area (Å²) in [4.78, 5) is 37.0. The quantitative estimate of drug-likeness (QED) is 0.320. The maximum Gasteiger partial charge on any atom is 0.501 e. The van der Waals surface area contributed by atoms with E-state index in [1.54, 1.807) is 0 Å². The normalized spacial score (nSPS) is 16.4. The van der Waals surface area contributed by atoms with Crippen molar-refractivity contribution in [2.75, 3.05) is 31.6 Å². The number of halogens is 3. The van der Waals surface area contributed by atoms with Crippen molar-refractivity contribution in [2.24, 2.45) is 5.41 Å². The zero-order valence-corrected chi connectivity index (χ0v) is 20.7. The molecule has 1 aromatic carbocycles. The van der Waals surface area contributed by atoms with Crippen molar-refractivity contribution in [3.8, 4) is 0 Å². The Balaban J connectivity index is 1.84. The molecule has 0 radical (unpaired) electrons. The Morgan fingerprint density at radius 2 is 1.78 bits per heavy atom. The first kappa shape index (κ1) is 29.5. The number of sulfone groups is 1. The van der Waals surface area contributed by atoms with Crippen LogP contribution in [-0.2, 0) is 24.2 Å². The van der Waals surface area contributed by atoms with Gasteiger partial charge in [0, 0.05) is 43.2 Å². The number of rotatable bonds is 10. The summed E-state index contributed by atoms with van der Waals surface area (Å²) in [5.41, 5.74) is -6.30. The number of aliphatic hydroxyl groups is 2. The van der Waals surface area contributed by atoms with Crippen LogP contribution in [0.1, 0.15) is 33.1 Å². The van der Waals surface area contributed by atoms with E-state index >= 15 is 0 Å². The standard InChI is InChI=1S/C22H30F3N3O7S/c1-21(2,13-29)18(31)19(32)26-9-6-17(30)20(33)28-10-7-14(8-11-28)27-15-4-3-5-16(12-15)36(34,35)22(23,24)25/h3-5,12,14,18,27,29,31H,6-11,13H2,1-2H3,(H,26,32)/t18-/m0/s1. The molecule has 1 saturated heterocycles. The van der Waals surface area contributed by atoms with Gasteiger partial charge < -0.3 is 25.7 Å². The molecular formula is C22H30F3N3O7S. The highest BCUT2D eigenvalue weighted by molar-refractivity contribution is 7.92. The number of amides is 2. The summed E-state index contributed by atoms with van der Waals surface area (Å²) in [7, 11) is -5.48. The van der Waals surface area contributed by atoms with Crippen LogP contribution in [0.3, 0.4) is 0 Å². The predicted molar refractivity (Wildman–Crippen MR) is 122 cm³/mol. The fourth-order valence-electron chi connectivity index (χ4n) is 3.47. The second kappa shape index (κ2) is 11.6. The molecule has 0 unspecified atom stereocenters. The van der Waals surface area contributed by atoms with Crippen molar-refractivity contribution < 1.29 is 46.2 Å². The molecule has 1 atom stereocenters. The molecule has 10 nitrogen and oxygen atoms in total. The van der Waals surface area contributed by atoms with Crippen LogP contribution in [0, 0.1) is 5.41 Å². The van der Waals surface area contributed by atoms with E-state index in [4.69, 9.17) is 0 Å². The number of aliphatic hydroxyl groups excluding tert-OH is 2. The number of alkyl halides is 3. The lowest BCUT2D eigenvalue weighted by Gasteiger charge is -2.32. The van der Waals surface area contributed by atoms with Gasteiger partial charge in [0.15, 0.2) is 0 Å². The molecule has 1 aliphatic heterocycles. The van der Waals surface area contributed by atoms with Gasteiger partial charge in [-0.2, -0.15) is 13.2 Å². The first-order chi connectivity index (χ1) is 16.6. The van der Waals surface area contributed by atoms with Crippen molar-refractivity contribution in [1.82, 2.24) is 10.2 Å². The van der Waals surface area contributed by atoms with Crippen LogP contribution in [0.15, 0.2) is 29.2 Å². The summed E-state index contributed by atoms with van der Waals surface area (Å²) in [6, 6.07) is 4.13. The maximum atomic E-state index is 12.8. The van der Waals surface area contributed by atoms with Gasteiger partial charge in [-0.25, -0.2) is 8.42 Å². The van der Waals surface area contributed by atoms with Crippen LogP contribution in [0.5, 0.6) is 0 Å². The minimum atomic E-state index is -5.48. The first-order valence-corrected chi connectivity index (χ1v) is 12.6. The van der Waals surface area contributed by atoms with E-state index in [-0.39, 0.29) is 37.8 Å². The van der Waals surface area contributed by atoms with Gasteiger partial charge in [0.1, 0.15) is 6.10 Å². The summed E-state index contributed by atoms with van der Waals surface area (Å²) in [5, 5.41) is 24.5. The fraction of sp³-hybridized carbons (Fsp3) is 0.591. The molecular weight excluding hydrogens is 507 g/mol. The second-order valence-corrected chi connectivity index (χ2v) is 11.1. The van der Waals surface area contributed by atoms with E-state index in [2.05, 4.69) is 10.6 Å². The number of hydrogen-bond acceptors (Lipinski definition) is 8. The van der Waals surface area contributed by atoms with Crippen LogP contribution in [0.2, 0.25) is 0 Å². The van der Waals surface area contributed by atoms with Gasteiger partial charge in [-0.3, -0.25) is 14.4 Å². The third-order valence-electron chi connectivity index (χ3n) is 5.89. The summed E-state index contributed by atoms with van der Waals surface area (Å²) >= 11 is 0. The molecule has 0 aliphatic carbocycles. The van der Waals surface area contributed by atoms with Gasteiger partial charge in [0.2, 0.25) is 11.7 Å². The molecule has 1 aromatic rings. The Kier molecular flexibility index (Phi) is 9.48. The number of carbonyl (C=O) groups excluding carboxylic acids is 3. The number of likely N-dealkylation sites (tertiary alicyclic amines) is 1. The van der Waals surface area contributed by atoms with E-state index in [9.17, 15) is 46.2 Å². The molecule has 4 N–H and O–H groups in total. The molecule has 0 saturated carbocycles. The third-order valence-corrected chi connectivity index (χ3v) is 7.37. The Labute approximate surface area is 206 Å². The Hall–Kier alpha value is -2.71. The number of benzene rings is 1. The lowest BCUT2D eigenvalue weighted by molar-refractivity contribution is -0.145. The number of hydrogen-bond donors (Lipinski definition) is 4. The summed E-state index contributed by atoms with van der Waals surface area (Å²) in [5.74, 6) is -2.24. The molecule has 202 valence electrons. The molecule has 0 spiro atoms. The number of carbonyl (C=O) groups is 3. The molecule has 0 aromatic heterocycles. The molecule has 1 heterocycles. The zero-order chi connectivity index (χ0) is 27.3. The van der Waals surface area contributed by atoms with Crippen molar-refractivity contribution >= 4 is 33.1 Å². The van der Waals surface area contributed by atoms with Crippen molar-refractivity contribution in [3.05, 3.63) is 24.3 Å². The topological polar surface area (TPSA) is 153 Å². The third kappa shape index (κ3) is 7.17. The monoisotopic (exact) mass is 537 g/mol. The van der Waals surface area contributed by atoms with Gasteiger partial charge in [0.05, 0.1) is 11.5 Å². The summed E-state index contributed by atoms with van der Waals surface area (Å²) in [6.45, 7) is 2.77. The van der Waals surface area contributed by atoms with Gasteiger partial charge in [-0.05, 0) is 31.0 Å². The largest absolute Gasteiger partial charge is 0.501 e. The average molecular weight is 538 g/mol. The molecule has 1 fully saturated rings. The summed E-state index contributed by atoms with van der Waals surface area (Å²) < 4.78 is 61.6. The van der Waals surface area contributed by atoms with Crippen LogP contribution >= 0.6 is 0 Å². The molecule has 1 aliphatic rings. The maximum absolute atomic E-state index is 12.8. The van der Waals surface area contributed by atoms with E-state index in [0.717, 1.165) is 12.1 Å². The van der Waals surface area contributed by atoms with Gasteiger partial charge in [0.25, 0.3) is 15.7 Å². The average Bonchev–Trinajstić information content (AvgIpc) is 2.82. The molecule has 2 amide bonds. The van der Waals surface area contributed by atoms with Crippen LogP contribution in [0.25, 0.3) is 0 Å². The number of nitrogens with zero attached hydrogens (tertiary/aromatic N) is 1. The number of piperidine rings is 1. The van der Waals surface area contributed by atoms with Gasteiger partial charge in [-0.1, -0.05) is 19.9 Å². The van der Waals surface area contributed by atoms with Gasteiger partial charge >= 0.3 is 5.51 Å². The first-order valence-electron chi connectivity index (χ1n) is 11.2. The molecule has 36 heavy (non-hydrogen) atoms. The Morgan fingerprint density at radius 1 is 1.17 bits per heavy atom. The highest BCUT2D eigenvalue weighted by Crippen LogP contribution is 2.31. The Bertz CT molecular complexity index is 1070. The van der Waals surface area contributed by atoms with E-state index in [1.807, 2.05) is 0 Å². The SMILES string of the molecule is CC(C)(CO)[C@@H](O)C(=O)NCCC(=O)C(=O)N1CCC(Nc2cccc(S(=O)(=O)C(F)(F)F)c2)CC1. The second-order valence-electron chi connectivity index (χ2n) is 9.20. The van der Waals surface area contributed by atoms with Crippen molar-refractivity contribution in [2.45, 2.75) is 55.7 Å². The number of Topliss-reactive ketones (excluding diaryl/α,β-unsaturated/α-hetero) is 1. The Morgan fingerprint density at radius 3 is 2.33 bits per heavy atom. The highest BCUT2D eigenvalue weighted by Gasteiger charge is 2.47. The fourth-order valence-corrected chi connectivity index (χ4v) is 4.28. The zero-order valence-electron chi connectivity index (χ0n) is 19.8. The molecule has 14 heteroatoms. The molecule has 2 rings (SSSR count). The van der Waals surface area contributed by atoms with E-state index < -0.39 is 56.0 Å². The highest BCUT2D eigenvalue weighted by atomic mass is 32.2. The van der Waals surface area contributed by atoms with Gasteiger partial charge in [-0.15, -0.1) is 0 Å². The van der Waals surface area contributed by atoms with E-state index in [0.29, 0.717) is 12.8 Å².